The number of cyclic esters (lactones) is 1. The summed E-state index contributed by atoms with van der Waals surface area (Å²) in [5.41, 5.74) is 0. The highest BCUT2D eigenvalue weighted by Gasteiger charge is 2.36. The topological polar surface area (TPSA) is 49.9 Å². The van der Waals surface area contributed by atoms with Crippen LogP contribution in [0.3, 0.4) is 0 Å². The molecule has 7 heteroatoms. The number of thiophene rings is 1. The van der Waals surface area contributed by atoms with Crippen LogP contribution in [0, 0.1) is 0 Å². The van der Waals surface area contributed by atoms with Gasteiger partial charge in [0.1, 0.15) is 6.10 Å². The van der Waals surface area contributed by atoms with Crippen LogP contribution >= 0.6 is 27.3 Å². The first kappa shape index (κ1) is 14.8. The Morgan fingerprint density at radius 1 is 1.38 bits per heavy atom. The average Bonchev–Trinajstić information content (AvgIpc) is 3.04. The van der Waals surface area contributed by atoms with Gasteiger partial charge in [0.15, 0.2) is 0 Å². The number of carbonyl (C=O) groups is 2. The second-order valence-electron chi connectivity index (χ2n) is 5.47. The van der Waals surface area contributed by atoms with Crippen molar-refractivity contribution < 1.29 is 14.3 Å². The van der Waals surface area contributed by atoms with Gasteiger partial charge in [0.05, 0.1) is 15.2 Å². The van der Waals surface area contributed by atoms with Gasteiger partial charge >= 0.3 is 6.09 Å². The van der Waals surface area contributed by atoms with Crippen LogP contribution in [0.25, 0.3) is 0 Å². The van der Waals surface area contributed by atoms with Gasteiger partial charge in [-0.15, -0.1) is 11.3 Å². The van der Waals surface area contributed by atoms with Crippen LogP contribution in [0.2, 0.25) is 0 Å². The van der Waals surface area contributed by atoms with E-state index in [0.29, 0.717) is 19.6 Å². The second kappa shape index (κ2) is 5.96. The van der Waals surface area contributed by atoms with Crippen LogP contribution in [0.5, 0.6) is 0 Å². The normalized spacial score (nSPS) is 23.5. The van der Waals surface area contributed by atoms with E-state index in [0.717, 1.165) is 21.5 Å². The Balaban J connectivity index is 1.58. The predicted octanol–water partition coefficient (Wildman–Crippen LogP) is 2.96. The number of amides is 2. The molecule has 3 rings (SSSR count). The third-order valence-corrected chi connectivity index (χ3v) is 5.58. The highest BCUT2D eigenvalue weighted by molar-refractivity contribution is 9.11. The molecule has 2 amide bonds. The third kappa shape index (κ3) is 3.08. The SMILES string of the molecule is CC1CN(C2CCN(C(=O)c3ccc(Br)s3)CC2)C(=O)O1. The lowest BCUT2D eigenvalue weighted by molar-refractivity contribution is 0.0663. The summed E-state index contributed by atoms with van der Waals surface area (Å²) >= 11 is 4.84. The van der Waals surface area contributed by atoms with E-state index in [1.54, 1.807) is 0 Å². The summed E-state index contributed by atoms with van der Waals surface area (Å²) in [6.45, 7) is 3.95. The first-order valence-corrected chi connectivity index (χ1v) is 8.67. The Hall–Kier alpha value is -1.08. The summed E-state index contributed by atoms with van der Waals surface area (Å²) in [5, 5.41) is 0. The molecule has 0 radical (unpaired) electrons. The molecule has 0 spiro atoms. The van der Waals surface area contributed by atoms with Gasteiger partial charge in [-0.05, 0) is 47.8 Å². The van der Waals surface area contributed by atoms with Gasteiger partial charge in [0, 0.05) is 19.1 Å². The molecule has 2 aliphatic heterocycles. The fraction of sp³-hybridized carbons (Fsp3) is 0.571. The van der Waals surface area contributed by atoms with E-state index in [-0.39, 0.29) is 24.1 Å². The molecule has 0 aromatic carbocycles. The second-order valence-corrected chi connectivity index (χ2v) is 7.94. The average molecular weight is 373 g/mol. The Morgan fingerprint density at radius 2 is 2.10 bits per heavy atom. The monoisotopic (exact) mass is 372 g/mol. The zero-order chi connectivity index (χ0) is 15.0. The molecule has 1 unspecified atom stereocenters. The van der Waals surface area contributed by atoms with Crippen LogP contribution in [0.15, 0.2) is 15.9 Å². The molecule has 1 aromatic heterocycles. The van der Waals surface area contributed by atoms with Crippen LogP contribution < -0.4 is 0 Å². The number of halogens is 1. The summed E-state index contributed by atoms with van der Waals surface area (Å²) in [6, 6.07) is 3.94. The maximum absolute atomic E-state index is 12.4. The molecule has 1 aromatic rings. The van der Waals surface area contributed by atoms with Crippen molar-refractivity contribution in [2.45, 2.75) is 31.9 Å². The highest BCUT2D eigenvalue weighted by atomic mass is 79.9. The molecule has 2 saturated heterocycles. The zero-order valence-corrected chi connectivity index (χ0v) is 14.2. The van der Waals surface area contributed by atoms with Crippen molar-refractivity contribution in [2.24, 2.45) is 0 Å². The van der Waals surface area contributed by atoms with E-state index >= 15 is 0 Å². The molecule has 114 valence electrons. The van der Waals surface area contributed by atoms with E-state index in [1.807, 2.05) is 28.9 Å². The fourth-order valence-electron chi connectivity index (χ4n) is 2.89. The number of ether oxygens (including phenoxy) is 1. The van der Waals surface area contributed by atoms with Crippen molar-refractivity contribution in [1.29, 1.82) is 0 Å². The molecule has 1 atom stereocenters. The van der Waals surface area contributed by atoms with Crippen molar-refractivity contribution in [3.8, 4) is 0 Å². The summed E-state index contributed by atoms with van der Waals surface area (Å²) < 4.78 is 6.14. The molecule has 21 heavy (non-hydrogen) atoms. The Morgan fingerprint density at radius 3 is 2.62 bits per heavy atom. The molecule has 0 N–H and O–H groups in total. The number of hydrogen-bond acceptors (Lipinski definition) is 4. The zero-order valence-electron chi connectivity index (χ0n) is 11.8. The molecule has 5 nitrogen and oxygen atoms in total. The van der Waals surface area contributed by atoms with E-state index in [4.69, 9.17) is 4.74 Å². The van der Waals surface area contributed by atoms with Crippen LogP contribution in [-0.4, -0.2) is 53.6 Å². The van der Waals surface area contributed by atoms with Gasteiger partial charge in [-0.1, -0.05) is 0 Å². The molecule has 0 aliphatic carbocycles. The molecular formula is C14H17BrN2O3S. The van der Waals surface area contributed by atoms with Gasteiger partial charge < -0.3 is 14.5 Å². The smallest absolute Gasteiger partial charge is 0.410 e. The van der Waals surface area contributed by atoms with Gasteiger partial charge in [-0.2, -0.15) is 0 Å². The van der Waals surface area contributed by atoms with Crippen molar-refractivity contribution in [2.75, 3.05) is 19.6 Å². The van der Waals surface area contributed by atoms with E-state index < -0.39 is 0 Å². The Bertz CT molecular complexity index is 554. The van der Waals surface area contributed by atoms with Crippen LogP contribution in [-0.2, 0) is 4.74 Å². The van der Waals surface area contributed by atoms with Gasteiger partial charge in [0.25, 0.3) is 5.91 Å². The van der Waals surface area contributed by atoms with Crippen molar-refractivity contribution in [3.63, 3.8) is 0 Å². The lowest BCUT2D eigenvalue weighted by atomic mass is 10.0. The molecule has 0 bridgehead atoms. The quantitative estimate of drug-likeness (QED) is 0.801. The van der Waals surface area contributed by atoms with Crippen molar-refractivity contribution >= 4 is 39.3 Å². The summed E-state index contributed by atoms with van der Waals surface area (Å²) in [5.74, 6) is 0.0847. The molecule has 2 aliphatic rings. The number of carbonyl (C=O) groups excluding carboxylic acids is 2. The number of likely N-dealkylation sites (tertiary alicyclic amines) is 1. The maximum Gasteiger partial charge on any atom is 0.410 e. The fourth-order valence-corrected chi connectivity index (χ4v) is 4.25. The van der Waals surface area contributed by atoms with Crippen molar-refractivity contribution in [1.82, 2.24) is 9.80 Å². The number of hydrogen-bond donors (Lipinski definition) is 0. The standard InChI is InChI=1S/C14H17BrN2O3S/c1-9-8-17(14(19)20-9)10-4-6-16(7-5-10)13(18)11-2-3-12(15)21-11/h2-3,9-10H,4-8H2,1H3. The minimum absolute atomic E-state index is 0.0272. The van der Waals surface area contributed by atoms with Gasteiger partial charge in [-0.25, -0.2) is 4.79 Å². The van der Waals surface area contributed by atoms with Gasteiger partial charge in [-0.3, -0.25) is 4.79 Å². The van der Waals surface area contributed by atoms with E-state index in [9.17, 15) is 9.59 Å². The molecule has 3 heterocycles. The Labute approximate surface area is 136 Å². The maximum atomic E-state index is 12.4. The third-order valence-electron chi connectivity index (χ3n) is 3.97. The largest absolute Gasteiger partial charge is 0.444 e. The highest BCUT2D eigenvalue weighted by Crippen LogP contribution is 2.26. The first-order valence-electron chi connectivity index (χ1n) is 7.06. The summed E-state index contributed by atoms with van der Waals surface area (Å²) in [7, 11) is 0. The molecule has 0 saturated carbocycles. The van der Waals surface area contributed by atoms with E-state index in [1.165, 1.54) is 11.3 Å². The first-order chi connectivity index (χ1) is 10.0. The lowest BCUT2D eigenvalue weighted by Crippen LogP contribution is -2.47. The lowest BCUT2D eigenvalue weighted by Gasteiger charge is -2.35. The Kier molecular flexibility index (Phi) is 4.21. The van der Waals surface area contributed by atoms with Crippen LogP contribution in [0.1, 0.15) is 29.4 Å². The predicted molar refractivity (Wildman–Crippen MR) is 83.6 cm³/mol. The number of nitrogens with zero attached hydrogens (tertiary/aromatic N) is 2. The van der Waals surface area contributed by atoms with E-state index in [2.05, 4.69) is 15.9 Å². The number of rotatable bonds is 2. The minimum Gasteiger partial charge on any atom is -0.444 e. The summed E-state index contributed by atoms with van der Waals surface area (Å²) in [4.78, 5) is 28.6. The summed E-state index contributed by atoms with van der Waals surface area (Å²) in [6.07, 6.45) is 1.40. The minimum atomic E-state index is -0.213. The number of piperidine rings is 1. The van der Waals surface area contributed by atoms with Crippen molar-refractivity contribution in [3.05, 3.63) is 20.8 Å². The van der Waals surface area contributed by atoms with Crippen LogP contribution in [0.4, 0.5) is 4.79 Å². The van der Waals surface area contributed by atoms with Gasteiger partial charge in [0.2, 0.25) is 0 Å². The molecule has 2 fully saturated rings. The molecular weight excluding hydrogens is 356 g/mol.